The number of aromatic nitrogens is 2. The molecule has 2 aromatic heterocycles. The third-order valence-electron chi connectivity index (χ3n) is 6.00. The summed E-state index contributed by atoms with van der Waals surface area (Å²) in [6, 6.07) is 13.9. The predicted molar refractivity (Wildman–Crippen MR) is 127 cm³/mol. The van der Waals surface area contributed by atoms with Crippen LogP contribution in [0.15, 0.2) is 48.7 Å². The van der Waals surface area contributed by atoms with Crippen LogP contribution in [0.3, 0.4) is 0 Å². The van der Waals surface area contributed by atoms with Crippen molar-refractivity contribution >= 4 is 39.6 Å². The second kappa shape index (κ2) is 8.86. The Morgan fingerprint density at radius 3 is 2.39 bits per heavy atom. The molecule has 0 aliphatic rings. The lowest BCUT2D eigenvalue weighted by atomic mass is 9.94. The maximum Gasteiger partial charge on any atom is 0.318 e. The summed E-state index contributed by atoms with van der Waals surface area (Å²) in [4.78, 5) is 31.4. The molecule has 168 valence electrons. The molecule has 0 saturated heterocycles. The molecule has 7 nitrogen and oxygen atoms in total. The van der Waals surface area contributed by atoms with Crippen molar-refractivity contribution in [2.75, 3.05) is 5.73 Å². The van der Waals surface area contributed by atoms with Gasteiger partial charge in [-0.1, -0.05) is 30.3 Å². The monoisotopic (exact) mass is 443 g/mol. The van der Waals surface area contributed by atoms with Crippen LogP contribution in [0.2, 0.25) is 0 Å². The SMILES string of the molecule is Cc1ccc2c(c1)nc(N)c1ncc(CCc3ccc(CC(C(=O)O)C(=O)O)cc3C)cc12. The van der Waals surface area contributed by atoms with Crippen molar-refractivity contribution in [2.45, 2.75) is 33.1 Å². The summed E-state index contributed by atoms with van der Waals surface area (Å²) in [6.45, 7) is 3.98. The number of carboxylic acid groups (broad SMARTS) is 2. The van der Waals surface area contributed by atoms with Gasteiger partial charge in [0.15, 0.2) is 11.7 Å². The molecular formula is C26H25N3O4. The molecule has 0 fully saturated rings. The van der Waals surface area contributed by atoms with Crippen molar-refractivity contribution in [3.05, 3.63) is 76.5 Å². The largest absolute Gasteiger partial charge is 0.481 e. The van der Waals surface area contributed by atoms with Gasteiger partial charge < -0.3 is 15.9 Å². The zero-order valence-electron chi connectivity index (χ0n) is 18.5. The number of anilines is 1. The van der Waals surface area contributed by atoms with Crippen molar-refractivity contribution in [2.24, 2.45) is 5.92 Å². The lowest BCUT2D eigenvalue weighted by Gasteiger charge is -2.12. The molecule has 0 aliphatic heterocycles. The molecule has 7 heteroatoms. The summed E-state index contributed by atoms with van der Waals surface area (Å²) in [5, 5.41) is 20.2. The van der Waals surface area contributed by atoms with Crippen LogP contribution >= 0.6 is 0 Å². The van der Waals surface area contributed by atoms with Gasteiger partial charge in [-0.15, -0.1) is 0 Å². The topological polar surface area (TPSA) is 126 Å². The molecule has 4 rings (SSSR count). The van der Waals surface area contributed by atoms with E-state index in [1.165, 1.54) is 0 Å². The van der Waals surface area contributed by atoms with E-state index in [4.69, 9.17) is 15.9 Å². The van der Waals surface area contributed by atoms with Crippen LogP contribution in [-0.2, 0) is 28.9 Å². The van der Waals surface area contributed by atoms with Crippen molar-refractivity contribution in [3.8, 4) is 0 Å². The van der Waals surface area contributed by atoms with Crippen LogP contribution in [0.25, 0.3) is 21.8 Å². The Hall–Kier alpha value is -4.00. The number of fused-ring (bicyclic) bond motifs is 3. The van der Waals surface area contributed by atoms with Gasteiger partial charge in [-0.25, -0.2) is 4.98 Å². The number of hydrogen-bond donors (Lipinski definition) is 3. The van der Waals surface area contributed by atoms with Gasteiger partial charge in [0.25, 0.3) is 0 Å². The lowest BCUT2D eigenvalue weighted by molar-refractivity contribution is -0.154. The van der Waals surface area contributed by atoms with Gasteiger partial charge in [-0.3, -0.25) is 14.6 Å². The Morgan fingerprint density at radius 1 is 0.939 bits per heavy atom. The van der Waals surface area contributed by atoms with Crippen molar-refractivity contribution < 1.29 is 19.8 Å². The molecule has 2 heterocycles. The van der Waals surface area contributed by atoms with E-state index in [0.29, 0.717) is 16.9 Å². The van der Waals surface area contributed by atoms with E-state index in [2.05, 4.69) is 28.2 Å². The summed E-state index contributed by atoms with van der Waals surface area (Å²) < 4.78 is 0. The number of pyridine rings is 2. The summed E-state index contributed by atoms with van der Waals surface area (Å²) in [5.41, 5.74) is 12.7. The maximum atomic E-state index is 11.2. The highest BCUT2D eigenvalue weighted by molar-refractivity contribution is 6.08. The average molecular weight is 444 g/mol. The number of aliphatic carboxylic acids is 2. The number of benzene rings is 2. The Kier molecular flexibility index (Phi) is 5.96. The number of carboxylic acids is 2. The van der Waals surface area contributed by atoms with Gasteiger partial charge in [0, 0.05) is 17.0 Å². The summed E-state index contributed by atoms with van der Waals surface area (Å²) >= 11 is 0. The van der Waals surface area contributed by atoms with Crippen LogP contribution in [0, 0.1) is 19.8 Å². The van der Waals surface area contributed by atoms with E-state index in [0.717, 1.165) is 51.4 Å². The van der Waals surface area contributed by atoms with E-state index < -0.39 is 17.9 Å². The highest BCUT2D eigenvalue weighted by Gasteiger charge is 2.26. The minimum atomic E-state index is -1.44. The first-order chi connectivity index (χ1) is 15.7. The third-order valence-corrected chi connectivity index (χ3v) is 6.00. The Morgan fingerprint density at radius 2 is 1.70 bits per heavy atom. The molecule has 0 amide bonds. The molecule has 0 radical (unpaired) electrons. The van der Waals surface area contributed by atoms with Gasteiger partial charge in [0.2, 0.25) is 0 Å². The molecule has 0 atom stereocenters. The number of hydrogen-bond acceptors (Lipinski definition) is 5. The van der Waals surface area contributed by atoms with E-state index in [1.54, 1.807) is 0 Å². The highest BCUT2D eigenvalue weighted by atomic mass is 16.4. The average Bonchev–Trinajstić information content (AvgIpc) is 2.76. The summed E-state index contributed by atoms with van der Waals surface area (Å²) in [7, 11) is 0. The second-order valence-electron chi connectivity index (χ2n) is 8.45. The Balaban J connectivity index is 1.56. The number of carbonyl (C=O) groups is 2. The van der Waals surface area contributed by atoms with E-state index >= 15 is 0 Å². The second-order valence-corrected chi connectivity index (χ2v) is 8.45. The third kappa shape index (κ3) is 4.62. The van der Waals surface area contributed by atoms with Crippen molar-refractivity contribution in [1.82, 2.24) is 9.97 Å². The minimum Gasteiger partial charge on any atom is -0.481 e. The summed E-state index contributed by atoms with van der Waals surface area (Å²) in [5.74, 6) is -3.68. The molecule has 2 aromatic carbocycles. The normalized spacial score (nSPS) is 11.4. The first kappa shape index (κ1) is 22.2. The Bertz CT molecular complexity index is 1380. The highest BCUT2D eigenvalue weighted by Crippen LogP contribution is 2.28. The molecule has 0 bridgehead atoms. The standard InChI is InChI=1S/C26H25N3O4/c1-14-3-8-19-20-12-17(13-28-23(20)24(27)29-22(19)9-14)5-7-18-6-4-16(10-15(18)2)11-21(25(30)31)26(32)33/h3-4,6,8-10,12-13,21H,5,7,11H2,1-2H3,(H2,27,29)(H,30,31)(H,32,33). The van der Waals surface area contributed by atoms with Gasteiger partial charge >= 0.3 is 11.9 Å². The van der Waals surface area contributed by atoms with E-state index in [1.807, 2.05) is 44.3 Å². The minimum absolute atomic E-state index is 0.0393. The van der Waals surface area contributed by atoms with Crippen LogP contribution in [0.1, 0.15) is 27.8 Å². The smallest absolute Gasteiger partial charge is 0.318 e. The first-order valence-electron chi connectivity index (χ1n) is 10.7. The zero-order valence-corrected chi connectivity index (χ0v) is 18.5. The molecule has 0 spiro atoms. The van der Waals surface area contributed by atoms with Gasteiger partial charge in [-0.05, 0) is 73.1 Å². The van der Waals surface area contributed by atoms with Crippen LogP contribution in [0.5, 0.6) is 0 Å². The quantitative estimate of drug-likeness (QED) is 0.290. The fraction of sp³-hybridized carbons (Fsp3) is 0.231. The lowest BCUT2D eigenvalue weighted by Crippen LogP contribution is -2.25. The van der Waals surface area contributed by atoms with Gasteiger partial charge in [0.05, 0.1) is 5.52 Å². The van der Waals surface area contributed by atoms with E-state index in [9.17, 15) is 9.59 Å². The van der Waals surface area contributed by atoms with Crippen LogP contribution in [-0.4, -0.2) is 32.1 Å². The molecule has 33 heavy (non-hydrogen) atoms. The maximum absolute atomic E-state index is 11.2. The summed E-state index contributed by atoms with van der Waals surface area (Å²) in [6.07, 6.45) is 3.33. The number of nitrogens with zero attached hydrogens (tertiary/aromatic N) is 2. The molecule has 0 aliphatic carbocycles. The number of aryl methyl sites for hydroxylation is 4. The number of rotatable bonds is 7. The van der Waals surface area contributed by atoms with Gasteiger partial charge in [0.1, 0.15) is 5.52 Å². The van der Waals surface area contributed by atoms with Crippen molar-refractivity contribution in [1.29, 1.82) is 0 Å². The van der Waals surface area contributed by atoms with Gasteiger partial charge in [-0.2, -0.15) is 0 Å². The van der Waals surface area contributed by atoms with Crippen molar-refractivity contribution in [3.63, 3.8) is 0 Å². The number of nitrogens with two attached hydrogens (primary N) is 1. The Labute approximate surface area is 190 Å². The van der Waals surface area contributed by atoms with Crippen LogP contribution in [0.4, 0.5) is 5.82 Å². The molecule has 4 N–H and O–H groups in total. The number of nitrogen functional groups attached to an aromatic ring is 1. The fourth-order valence-electron chi connectivity index (χ4n) is 4.16. The fourth-order valence-corrected chi connectivity index (χ4v) is 4.16. The molecule has 0 unspecified atom stereocenters. The molecular weight excluding hydrogens is 418 g/mol. The van der Waals surface area contributed by atoms with E-state index in [-0.39, 0.29) is 6.42 Å². The first-order valence-corrected chi connectivity index (χ1v) is 10.7. The molecule has 4 aromatic rings. The predicted octanol–water partition coefficient (Wildman–Crippen LogP) is 4.10. The zero-order chi connectivity index (χ0) is 23.7. The van der Waals surface area contributed by atoms with Crippen LogP contribution < -0.4 is 5.73 Å². The molecule has 0 saturated carbocycles.